The third-order valence-corrected chi connectivity index (χ3v) is 6.77. The zero-order chi connectivity index (χ0) is 21.2. The Morgan fingerprint density at radius 1 is 0.871 bits per heavy atom. The minimum atomic E-state index is -0.378. The zero-order valence-electron chi connectivity index (χ0n) is 17.7. The molecule has 0 saturated heterocycles. The van der Waals surface area contributed by atoms with E-state index in [1.807, 2.05) is 24.3 Å². The molecule has 0 heterocycles. The average Bonchev–Trinajstić information content (AvgIpc) is 3.33. The van der Waals surface area contributed by atoms with Gasteiger partial charge in [0, 0.05) is 5.92 Å². The second-order valence-electron chi connectivity index (χ2n) is 8.83. The van der Waals surface area contributed by atoms with Gasteiger partial charge in [0.25, 0.3) is 5.91 Å². The molecule has 2 N–H and O–H groups in total. The number of hydrazone groups is 1. The summed E-state index contributed by atoms with van der Waals surface area (Å²) in [6, 6.07) is 17.7. The SMILES string of the molecule is O=C(N/N=C(/c1ccc2c(c1)CCCC2)C1CCCC1)c1cc2ccccc2cc1O. The molecule has 0 bridgehead atoms. The Morgan fingerprint density at radius 3 is 2.35 bits per heavy atom. The van der Waals surface area contributed by atoms with Crippen molar-refractivity contribution >= 4 is 22.4 Å². The summed E-state index contributed by atoms with van der Waals surface area (Å²) in [5.74, 6) is -0.0357. The Morgan fingerprint density at radius 2 is 1.58 bits per heavy atom. The molecule has 1 saturated carbocycles. The minimum Gasteiger partial charge on any atom is -0.507 e. The van der Waals surface area contributed by atoms with E-state index in [1.54, 1.807) is 12.1 Å². The quantitative estimate of drug-likeness (QED) is 0.423. The van der Waals surface area contributed by atoms with Crippen molar-refractivity contribution in [1.82, 2.24) is 5.43 Å². The number of phenolic OH excluding ortho intramolecular Hbond substituents is 1. The van der Waals surface area contributed by atoms with E-state index in [0.29, 0.717) is 5.92 Å². The van der Waals surface area contributed by atoms with E-state index >= 15 is 0 Å². The number of nitrogens with zero attached hydrogens (tertiary/aromatic N) is 1. The monoisotopic (exact) mass is 412 g/mol. The highest BCUT2D eigenvalue weighted by atomic mass is 16.3. The van der Waals surface area contributed by atoms with Gasteiger partial charge in [-0.15, -0.1) is 0 Å². The van der Waals surface area contributed by atoms with Gasteiger partial charge in [0.1, 0.15) is 5.75 Å². The number of hydrogen-bond donors (Lipinski definition) is 2. The fraction of sp³-hybridized carbons (Fsp3) is 0.333. The van der Waals surface area contributed by atoms with Crippen LogP contribution in [0.2, 0.25) is 0 Å². The number of benzene rings is 3. The summed E-state index contributed by atoms with van der Waals surface area (Å²) >= 11 is 0. The van der Waals surface area contributed by atoms with Gasteiger partial charge in [-0.1, -0.05) is 49.2 Å². The van der Waals surface area contributed by atoms with E-state index in [2.05, 4.69) is 28.7 Å². The standard InChI is InChI=1S/C27H28N2O2/c30-25-17-22-12-6-5-11-21(22)16-24(25)27(31)29-28-26(19-8-2-3-9-19)23-14-13-18-7-1-4-10-20(18)15-23/h5-6,11-17,19,30H,1-4,7-10H2,(H,29,31)/b28-26+. The van der Waals surface area contributed by atoms with Gasteiger partial charge < -0.3 is 5.11 Å². The molecule has 2 aliphatic rings. The number of hydrogen-bond acceptors (Lipinski definition) is 3. The Kier molecular flexibility index (Phi) is 5.46. The number of carbonyl (C=O) groups is 1. The van der Waals surface area contributed by atoms with E-state index < -0.39 is 0 Å². The van der Waals surface area contributed by atoms with Crippen molar-refractivity contribution in [2.45, 2.75) is 51.4 Å². The summed E-state index contributed by atoms with van der Waals surface area (Å²) < 4.78 is 0. The van der Waals surface area contributed by atoms with Crippen LogP contribution in [0.5, 0.6) is 5.75 Å². The van der Waals surface area contributed by atoms with Crippen LogP contribution in [-0.2, 0) is 12.8 Å². The second kappa shape index (κ2) is 8.54. The molecule has 0 aromatic heterocycles. The molecule has 0 radical (unpaired) electrons. The highest BCUT2D eigenvalue weighted by Gasteiger charge is 2.24. The number of aromatic hydroxyl groups is 1. The number of carbonyl (C=O) groups excluding carboxylic acids is 1. The molecular weight excluding hydrogens is 384 g/mol. The normalized spacial score (nSPS) is 17.0. The van der Waals surface area contributed by atoms with Gasteiger partial charge in [0.2, 0.25) is 0 Å². The van der Waals surface area contributed by atoms with Crippen LogP contribution in [0.15, 0.2) is 59.7 Å². The summed E-state index contributed by atoms with van der Waals surface area (Å²) in [5, 5.41) is 16.8. The first-order valence-electron chi connectivity index (χ1n) is 11.4. The first kappa shape index (κ1) is 19.8. The maximum Gasteiger partial charge on any atom is 0.275 e. The minimum absolute atomic E-state index is 0.0254. The largest absolute Gasteiger partial charge is 0.507 e. The second-order valence-corrected chi connectivity index (χ2v) is 8.83. The van der Waals surface area contributed by atoms with Crippen LogP contribution < -0.4 is 5.43 Å². The summed E-state index contributed by atoms with van der Waals surface area (Å²) in [7, 11) is 0. The van der Waals surface area contributed by atoms with Crippen LogP contribution in [0.4, 0.5) is 0 Å². The lowest BCUT2D eigenvalue weighted by atomic mass is 9.87. The first-order chi connectivity index (χ1) is 15.2. The molecule has 31 heavy (non-hydrogen) atoms. The average molecular weight is 413 g/mol. The van der Waals surface area contributed by atoms with E-state index in [0.717, 1.165) is 47.7 Å². The number of rotatable bonds is 4. The molecule has 0 spiro atoms. The van der Waals surface area contributed by atoms with Crippen LogP contribution in [0.3, 0.4) is 0 Å². The molecule has 4 heteroatoms. The van der Waals surface area contributed by atoms with Crippen LogP contribution in [-0.4, -0.2) is 16.7 Å². The third kappa shape index (κ3) is 4.07. The molecule has 3 aromatic rings. The summed E-state index contributed by atoms with van der Waals surface area (Å²) in [6.45, 7) is 0. The van der Waals surface area contributed by atoms with E-state index in [1.165, 1.54) is 36.8 Å². The lowest BCUT2D eigenvalue weighted by Gasteiger charge is -2.19. The molecule has 2 aliphatic carbocycles. The van der Waals surface area contributed by atoms with E-state index in [-0.39, 0.29) is 17.2 Å². The molecule has 0 unspecified atom stereocenters. The van der Waals surface area contributed by atoms with Crippen molar-refractivity contribution in [2.75, 3.05) is 0 Å². The Balaban J connectivity index is 1.45. The molecule has 0 atom stereocenters. The topological polar surface area (TPSA) is 61.7 Å². The van der Waals surface area contributed by atoms with Crippen molar-refractivity contribution in [3.8, 4) is 5.75 Å². The predicted octanol–water partition coefficient (Wildman–Crippen LogP) is 5.75. The van der Waals surface area contributed by atoms with Gasteiger partial charge in [-0.3, -0.25) is 4.79 Å². The maximum absolute atomic E-state index is 12.9. The molecule has 1 fully saturated rings. The van der Waals surface area contributed by atoms with Crippen molar-refractivity contribution in [3.63, 3.8) is 0 Å². The van der Waals surface area contributed by atoms with Gasteiger partial charge in [0.05, 0.1) is 11.3 Å². The predicted molar refractivity (Wildman–Crippen MR) is 125 cm³/mol. The van der Waals surface area contributed by atoms with E-state index in [9.17, 15) is 9.90 Å². The van der Waals surface area contributed by atoms with Crippen LogP contribution in [0.25, 0.3) is 10.8 Å². The lowest BCUT2D eigenvalue weighted by Crippen LogP contribution is -2.23. The Bertz CT molecular complexity index is 1160. The van der Waals surface area contributed by atoms with Crippen molar-refractivity contribution in [1.29, 1.82) is 0 Å². The van der Waals surface area contributed by atoms with Crippen LogP contribution in [0, 0.1) is 5.92 Å². The molecule has 4 nitrogen and oxygen atoms in total. The maximum atomic E-state index is 12.9. The number of aryl methyl sites for hydroxylation is 2. The number of nitrogens with one attached hydrogen (secondary N) is 1. The Labute approximate surface area is 183 Å². The summed E-state index contributed by atoms with van der Waals surface area (Å²) in [4.78, 5) is 12.9. The van der Waals surface area contributed by atoms with Crippen LogP contribution >= 0.6 is 0 Å². The zero-order valence-corrected chi connectivity index (χ0v) is 17.7. The smallest absolute Gasteiger partial charge is 0.275 e. The molecule has 3 aromatic carbocycles. The molecule has 1 amide bonds. The van der Waals surface area contributed by atoms with Crippen molar-refractivity contribution < 1.29 is 9.90 Å². The van der Waals surface area contributed by atoms with Gasteiger partial charge >= 0.3 is 0 Å². The van der Waals surface area contributed by atoms with Crippen molar-refractivity contribution in [2.24, 2.45) is 11.0 Å². The lowest BCUT2D eigenvalue weighted by molar-refractivity contribution is 0.0952. The molecule has 158 valence electrons. The fourth-order valence-corrected chi connectivity index (χ4v) is 5.06. The first-order valence-corrected chi connectivity index (χ1v) is 11.4. The highest BCUT2D eigenvalue weighted by molar-refractivity contribution is 6.05. The number of fused-ring (bicyclic) bond motifs is 2. The van der Waals surface area contributed by atoms with Crippen LogP contribution in [0.1, 0.15) is 65.6 Å². The third-order valence-electron chi connectivity index (χ3n) is 6.77. The van der Waals surface area contributed by atoms with Gasteiger partial charge in [-0.25, -0.2) is 5.43 Å². The highest BCUT2D eigenvalue weighted by Crippen LogP contribution is 2.31. The van der Waals surface area contributed by atoms with Gasteiger partial charge in [-0.05, 0) is 84.2 Å². The number of amides is 1. The molecule has 0 aliphatic heterocycles. The van der Waals surface area contributed by atoms with Gasteiger partial charge in [0.15, 0.2) is 0 Å². The summed E-state index contributed by atoms with van der Waals surface area (Å²) in [5.41, 5.74) is 7.96. The number of phenols is 1. The van der Waals surface area contributed by atoms with Crippen molar-refractivity contribution in [3.05, 3.63) is 76.9 Å². The Hall–Kier alpha value is -3.14. The van der Waals surface area contributed by atoms with E-state index in [4.69, 9.17) is 0 Å². The molecular formula is C27H28N2O2. The van der Waals surface area contributed by atoms with Gasteiger partial charge in [-0.2, -0.15) is 5.10 Å². The fourth-order valence-electron chi connectivity index (χ4n) is 5.06. The summed E-state index contributed by atoms with van der Waals surface area (Å²) in [6.07, 6.45) is 9.40. The molecule has 5 rings (SSSR count).